The van der Waals surface area contributed by atoms with Gasteiger partial charge in [0.15, 0.2) is 11.5 Å². The molecule has 124 valence electrons. The molecule has 0 aliphatic heterocycles. The van der Waals surface area contributed by atoms with Gasteiger partial charge in [-0.05, 0) is 29.8 Å². The van der Waals surface area contributed by atoms with Crippen LogP contribution >= 0.6 is 0 Å². The molecule has 0 aromatic heterocycles. The molecule has 5 nitrogen and oxygen atoms in total. The van der Waals surface area contributed by atoms with Crippen molar-refractivity contribution in [2.24, 2.45) is 0 Å². The molecule has 5 heteroatoms. The summed E-state index contributed by atoms with van der Waals surface area (Å²) in [6.07, 6.45) is 0. The molecular formula is C19H20N2O3. The molecular weight excluding hydrogens is 304 g/mol. The molecule has 0 saturated carbocycles. The third kappa shape index (κ3) is 5.25. The van der Waals surface area contributed by atoms with E-state index in [2.05, 4.69) is 22.5 Å². The number of urea groups is 1. The fourth-order valence-corrected chi connectivity index (χ4v) is 2.03. The first-order valence-corrected chi connectivity index (χ1v) is 7.49. The van der Waals surface area contributed by atoms with E-state index in [-0.39, 0.29) is 12.6 Å². The summed E-state index contributed by atoms with van der Waals surface area (Å²) < 4.78 is 10.4. The molecule has 0 fully saturated rings. The molecule has 0 aliphatic carbocycles. The fourth-order valence-electron chi connectivity index (χ4n) is 2.03. The topological polar surface area (TPSA) is 59.6 Å². The molecule has 0 heterocycles. The first kappa shape index (κ1) is 17.2. The van der Waals surface area contributed by atoms with E-state index < -0.39 is 0 Å². The second-order valence-corrected chi connectivity index (χ2v) is 4.89. The number of hydrogen-bond acceptors (Lipinski definition) is 3. The summed E-state index contributed by atoms with van der Waals surface area (Å²) in [5.41, 5.74) is 1.84. The number of benzene rings is 2. The van der Waals surface area contributed by atoms with Crippen LogP contribution in [0.5, 0.6) is 11.5 Å². The highest BCUT2D eigenvalue weighted by Gasteiger charge is 2.05. The zero-order valence-electron chi connectivity index (χ0n) is 13.8. The summed E-state index contributed by atoms with van der Waals surface area (Å²) in [6.45, 7) is 0.672. The van der Waals surface area contributed by atoms with Crippen LogP contribution in [0.1, 0.15) is 11.1 Å². The Balaban J connectivity index is 1.78. The normalized spacial score (nSPS) is 9.42. The lowest BCUT2D eigenvalue weighted by Crippen LogP contribution is -2.35. The number of nitrogens with one attached hydrogen (secondary N) is 2. The molecule has 0 radical (unpaired) electrons. The van der Waals surface area contributed by atoms with Crippen LogP contribution in [0.4, 0.5) is 4.79 Å². The molecule has 2 aromatic rings. The average molecular weight is 324 g/mol. The number of amides is 2. The van der Waals surface area contributed by atoms with E-state index in [1.165, 1.54) is 0 Å². The molecule has 0 bridgehead atoms. The Morgan fingerprint density at radius 1 is 1.00 bits per heavy atom. The Kier molecular flexibility index (Phi) is 6.54. The van der Waals surface area contributed by atoms with Crippen molar-refractivity contribution in [1.29, 1.82) is 0 Å². The van der Waals surface area contributed by atoms with Crippen LogP contribution in [0, 0.1) is 11.8 Å². The molecule has 2 aromatic carbocycles. The van der Waals surface area contributed by atoms with E-state index in [9.17, 15) is 4.79 Å². The molecule has 0 atom stereocenters. The SMILES string of the molecule is COc1ccc(CNC(=O)NCC#Cc2ccccc2)cc1OC. The lowest BCUT2D eigenvalue weighted by Gasteiger charge is -2.10. The van der Waals surface area contributed by atoms with Gasteiger partial charge in [-0.3, -0.25) is 0 Å². The fraction of sp³-hybridized carbons (Fsp3) is 0.211. The standard InChI is InChI=1S/C19H20N2O3/c1-23-17-11-10-16(13-18(17)24-2)14-21-19(22)20-12-6-9-15-7-4-3-5-8-15/h3-5,7-8,10-11,13H,12,14H2,1-2H3,(H2,20,21,22). The van der Waals surface area contributed by atoms with Crippen LogP contribution in [0.3, 0.4) is 0 Å². The highest BCUT2D eigenvalue weighted by Crippen LogP contribution is 2.27. The summed E-state index contributed by atoms with van der Waals surface area (Å²) in [6, 6.07) is 14.9. The van der Waals surface area contributed by atoms with Gasteiger partial charge in [0.05, 0.1) is 20.8 Å². The van der Waals surface area contributed by atoms with Crippen molar-refractivity contribution >= 4 is 6.03 Å². The van der Waals surface area contributed by atoms with Gasteiger partial charge in [0.25, 0.3) is 0 Å². The van der Waals surface area contributed by atoms with E-state index in [1.54, 1.807) is 20.3 Å². The number of carbonyl (C=O) groups is 1. The van der Waals surface area contributed by atoms with Crippen molar-refractivity contribution in [3.8, 4) is 23.3 Å². The van der Waals surface area contributed by atoms with Gasteiger partial charge >= 0.3 is 6.03 Å². The third-order valence-corrected chi connectivity index (χ3v) is 3.24. The van der Waals surface area contributed by atoms with E-state index in [1.807, 2.05) is 42.5 Å². The Labute approximate surface area is 142 Å². The maximum absolute atomic E-state index is 11.8. The minimum absolute atomic E-state index is 0.271. The lowest BCUT2D eigenvalue weighted by atomic mass is 10.2. The van der Waals surface area contributed by atoms with E-state index in [0.717, 1.165) is 11.1 Å². The van der Waals surface area contributed by atoms with Crippen LogP contribution in [-0.2, 0) is 6.54 Å². The summed E-state index contributed by atoms with van der Waals surface area (Å²) in [4.78, 5) is 11.8. The maximum Gasteiger partial charge on any atom is 0.315 e. The number of ether oxygens (including phenoxy) is 2. The van der Waals surface area contributed by atoms with Gasteiger partial charge in [0, 0.05) is 12.1 Å². The smallest absolute Gasteiger partial charge is 0.315 e. The molecule has 0 aliphatic rings. The van der Waals surface area contributed by atoms with Crippen molar-refractivity contribution in [2.45, 2.75) is 6.54 Å². The average Bonchev–Trinajstić information content (AvgIpc) is 2.64. The van der Waals surface area contributed by atoms with Crippen LogP contribution in [-0.4, -0.2) is 26.8 Å². The van der Waals surface area contributed by atoms with Crippen LogP contribution in [0.15, 0.2) is 48.5 Å². The van der Waals surface area contributed by atoms with Gasteiger partial charge in [0.1, 0.15) is 0 Å². The minimum Gasteiger partial charge on any atom is -0.493 e. The highest BCUT2D eigenvalue weighted by molar-refractivity contribution is 5.74. The Morgan fingerprint density at radius 3 is 2.46 bits per heavy atom. The molecule has 2 rings (SSSR count). The van der Waals surface area contributed by atoms with Crippen molar-refractivity contribution in [3.63, 3.8) is 0 Å². The zero-order valence-corrected chi connectivity index (χ0v) is 13.8. The number of carbonyl (C=O) groups excluding carboxylic acids is 1. The van der Waals surface area contributed by atoms with Crippen molar-refractivity contribution in [3.05, 3.63) is 59.7 Å². The van der Waals surface area contributed by atoms with Crippen LogP contribution < -0.4 is 20.1 Å². The number of hydrogen-bond donors (Lipinski definition) is 2. The molecule has 0 saturated heterocycles. The Bertz CT molecular complexity index is 733. The minimum atomic E-state index is -0.271. The monoisotopic (exact) mass is 324 g/mol. The van der Waals surface area contributed by atoms with E-state index in [0.29, 0.717) is 18.0 Å². The van der Waals surface area contributed by atoms with Gasteiger partial charge in [-0.1, -0.05) is 36.1 Å². The first-order valence-electron chi connectivity index (χ1n) is 7.49. The van der Waals surface area contributed by atoms with Crippen molar-refractivity contribution in [2.75, 3.05) is 20.8 Å². The third-order valence-electron chi connectivity index (χ3n) is 3.24. The zero-order chi connectivity index (χ0) is 17.2. The lowest BCUT2D eigenvalue weighted by molar-refractivity contribution is 0.241. The first-order chi connectivity index (χ1) is 11.7. The predicted octanol–water partition coefficient (Wildman–Crippen LogP) is 2.55. The van der Waals surface area contributed by atoms with Crippen molar-refractivity contribution < 1.29 is 14.3 Å². The second-order valence-electron chi connectivity index (χ2n) is 4.89. The molecule has 2 amide bonds. The molecule has 2 N–H and O–H groups in total. The van der Waals surface area contributed by atoms with Crippen LogP contribution in [0.2, 0.25) is 0 Å². The summed E-state index contributed by atoms with van der Waals surface area (Å²) in [5, 5.41) is 5.47. The number of rotatable bonds is 5. The van der Waals surface area contributed by atoms with Gasteiger partial charge in [-0.2, -0.15) is 0 Å². The highest BCUT2D eigenvalue weighted by atomic mass is 16.5. The summed E-state index contributed by atoms with van der Waals surface area (Å²) in [5.74, 6) is 7.17. The quantitative estimate of drug-likeness (QED) is 0.831. The molecule has 0 unspecified atom stereocenters. The Hall–Kier alpha value is -3.13. The largest absolute Gasteiger partial charge is 0.493 e. The number of methoxy groups -OCH3 is 2. The summed E-state index contributed by atoms with van der Waals surface area (Å²) in [7, 11) is 3.16. The molecule has 24 heavy (non-hydrogen) atoms. The van der Waals surface area contributed by atoms with E-state index in [4.69, 9.17) is 9.47 Å². The molecule has 0 spiro atoms. The predicted molar refractivity (Wildman–Crippen MR) is 93.1 cm³/mol. The Morgan fingerprint density at radius 2 is 1.75 bits per heavy atom. The van der Waals surface area contributed by atoms with E-state index >= 15 is 0 Å². The van der Waals surface area contributed by atoms with Crippen LogP contribution in [0.25, 0.3) is 0 Å². The summed E-state index contributed by atoms with van der Waals surface area (Å²) >= 11 is 0. The van der Waals surface area contributed by atoms with Gasteiger partial charge < -0.3 is 20.1 Å². The van der Waals surface area contributed by atoms with Crippen molar-refractivity contribution in [1.82, 2.24) is 10.6 Å². The van der Waals surface area contributed by atoms with Gasteiger partial charge in [-0.15, -0.1) is 0 Å². The van der Waals surface area contributed by atoms with Gasteiger partial charge in [-0.25, -0.2) is 4.79 Å². The maximum atomic E-state index is 11.8. The second kappa shape index (κ2) is 9.11. The van der Waals surface area contributed by atoms with Gasteiger partial charge in [0.2, 0.25) is 0 Å².